The molecule has 2 aromatic carbocycles. The number of carbonyl (C=O) groups excluding carboxylic acids is 3. The zero-order valence-corrected chi connectivity index (χ0v) is 28.4. The molecule has 4 heterocycles. The Bertz CT molecular complexity index is 1620. The average Bonchev–Trinajstić information content (AvgIpc) is 3.12. The first-order valence-corrected chi connectivity index (χ1v) is 16.0. The number of hydrogen-bond donors (Lipinski definition) is 0. The second kappa shape index (κ2) is 16.8. The van der Waals surface area contributed by atoms with Crippen molar-refractivity contribution in [1.29, 1.82) is 0 Å². The maximum Gasteiger partial charge on any atom is 0.410 e. The van der Waals surface area contributed by atoms with Gasteiger partial charge in [0.15, 0.2) is 11.6 Å². The molecule has 2 fully saturated rings. The van der Waals surface area contributed by atoms with Crippen LogP contribution in [-0.4, -0.2) is 87.4 Å². The summed E-state index contributed by atoms with van der Waals surface area (Å²) in [5, 5.41) is 0. The third-order valence-electron chi connectivity index (χ3n) is 7.73. The molecule has 2 aliphatic rings. The van der Waals surface area contributed by atoms with Gasteiger partial charge in [-0.3, -0.25) is 9.59 Å². The highest BCUT2D eigenvalue weighted by Crippen LogP contribution is 2.17. The number of nitrogens with zero attached hydrogens (tertiary/aromatic N) is 7. The zero-order chi connectivity index (χ0) is 33.2. The van der Waals surface area contributed by atoms with Crippen molar-refractivity contribution in [2.24, 2.45) is 0 Å². The summed E-state index contributed by atoms with van der Waals surface area (Å²) in [7, 11) is 0. The molecule has 0 aliphatic carbocycles. The SMILES string of the molecule is CC(C)(C)OC(=O)N1CCN(c2ncc(C(=O)c3ccccc3)cn2)CC1.Cl.O=C(c1ccccc1)c1cnc(N2CCCCC2)nc1. The summed E-state index contributed by atoms with van der Waals surface area (Å²) in [5.74, 6) is 1.16. The summed E-state index contributed by atoms with van der Waals surface area (Å²) in [6.45, 7) is 9.90. The minimum absolute atomic E-state index is 0. The van der Waals surface area contributed by atoms with Crippen LogP contribution in [0, 0.1) is 0 Å². The Morgan fingerprint density at radius 3 is 1.35 bits per heavy atom. The van der Waals surface area contributed by atoms with E-state index in [4.69, 9.17) is 4.74 Å². The van der Waals surface area contributed by atoms with E-state index in [9.17, 15) is 14.4 Å². The lowest BCUT2D eigenvalue weighted by Gasteiger charge is -2.35. The Labute approximate surface area is 287 Å². The minimum atomic E-state index is -0.502. The molecule has 0 atom stereocenters. The molecule has 0 radical (unpaired) electrons. The molecule has 6 rings (SSSR count). The van der Waals surface area contributed by atoms with Crippen molar-refractivity contribution in [3.8, 4) is 0 Å². The van der Waals surface area contributed by atoms with Gasteiger partial charge in [-0.1, -0.05) is 60.7 Å². The Morgan fingerprint density at radius 2 is 0.958 bits per heavy atom. The van der Waals surface area contributed by atoms with E-state index >= 15 is 0 Å². The van der Waals surface area contributed by atoms with Gasteiger partial charge in [-0.2, -0.15) is 0 Å². The third-order valence-corrected chi connectivity index (χ3v) is 7.73. The molecule has 0 spiro atoms. The largest absolute Gasteiger partial charge is 0.444 e. The van der Waals surface area contributed by atoms with Crippen molar-refractivity contribution in [3.05, 3.63) is 108 Å². The van der Waals surface area contributed by atoms with Crippen LogP contribution in [0.25, 0.3) is 0 Å². The fraction of sp³-hybridized carbons (Fsp3) is 0.361. The number of amides is 1. The number of hydrogen-bond acceptors (Lipinski definition) is 10. The van der Waals surface area contributed by atoms with E-state index in [0.29, 0.717) is 54.4 Å². The molecule has 48 heavy (non-hydrogen) atoms. The normalized spacial score (nSPS) is 14.6. The van der Waals surface area contributed by atoms with Crippen LogP contribution in [0.2, 0.25) is 0 Å². The number of aromatic nitrogens is 4. The van der Waals surface area contributed by atoms with Gasteiger partial charge in [0.05, 0.1) is 11.1 Å². The second-order valence-electron chi connectivity index (χ2n) is 12.4. The fourth-order valence-corrected chi connectivity index (χ4v) is 5.23. The van der Waals surface area contributed by atoms with Crippen LogP contribution in [0.15, 0.2) is 85.5 Å². The number of rotatable bonds is 6. The average molecular weight is 672 g/mol. The van der Waals surface area contributed by atoms with Gasteiger partial charge in [0, 0.05) is 75.2 Å². The highest BCUT2D eigenvalue weighted by atomic mass is 35.5. The van der Waals surface area contributed by atoms with Crippen molar-refractivity contribution < 1.29 is 19.1 Å². The Hall–Kier alpha value is -4.90. The Morgan fingerprint density at radius 1 is 0.562 bits per heavy atom. The van der Waals surface area contributed by atoms with Gasteiger partial charge in [-0.05, 0) is 40.0 Å². The number of ether oxygens (including phenoxy) is 1. The number of ketones is 2. The minimum Gasteiger partial charge on any atom is -0.444 e. The molecule has 252 valence electrons. The van der Waals surface area contributed by atoms with Crippen LogP contribution in [-0.2, 0) is 4.74 Å². The van der Waals surface area contributed by atoms with Gasteiger partial charge in [0.1, 0.15) is 5.60 Å². The second-order valence-corrected chi connectivity index (χ2v) is 12.4. The van der Waals surface area contributed by atoms with Gasteiger partial charge >= 0.3 is 6.09 Å². The van der Waals surface area contributed by atoms with Gasteiger partial charge in [-0.15, -0.1) is 12.4 Å². The monoisotopic (exact) mass is 671 g/mol. The van der Waals surface area contributed by atoms with Crippen LogP contribution < -0.4 is 9.80 Å². The fourth-order valence-electron chi connectivity index (χ4n) is 5.23. The first-order chi connectivity index (χ1) is 22.7. The number of anilines is 2. The molecule has 0 N–H and O–H groups in total. The molecular weight excluding hydrogens is 630 g/mol. The Balaban J connectivity index is 0.000000221. The molecule has 0 bridgehead atoms. The van der Waals surface area contributed by atoms with Crippen molar-refractivity contribution in [2.45, 2.75) is 45.6 Å². The topological polar surface area (TPSA) is 122 Å². The lowest BCUT2D eigenvalue weighted by Crippen LogP contribution is -2.50. The highest BCUT2D eigenvalue weighted by molar-refractivity contribution is 6.09. The number of piperazine rings is 1. The van der Waals surface area contributed by atoms with E-state index < -0.39 is 5.60 Å². The van der Waals surface area contributed by atoms with Gasteiger partial charge in [0.2, 0.25) is 11.9 Å². The summed E-state index contributed by atoms with van der Waals surface area (Å²) in [4.78, 5) is 60.0. The summed E-state index contributed by atoms with van der Waals surface area (Å²) < 4.78 is 5.40. The first kappa shape index (κ1) is 35.9. The van der Waals surface area contributed by atoms with Crippen LogP contribution in [0.4, 0.5) is 16.7 Å². The molecule has 12 heteroatoms. The lowest BCUT2D eigenvalue weighted by atomic mass is 10.1. The summed E-state index contributed by atoms with van der Waals surface area (Å²) in [6.07, 6.45) is 9.73. The van der Waals surface area contributed by atoms with E-state index in [1.165, 1.54) is 19.3 Å². The predicted molar refractivity (Wildman–Crippen MR) is 187 cm³/mol. The maximum absolute atomic E-state index is 12.4. The molecular formula is C36H42ClN7O4. The molecule has 2 aromatic heterocycles. The number of benzene rings is 2. The summed E-state index contributed by atoms with van der Waals surface area (Å²) >= 11 is 0. The third kappa shape index (κ3) is 9.80. The quantitative estimate of drug-likeness (QED) is 0.230. The van der Waals surface area contributed by atoms with Gasteiger partial charge in [0.25, 0.3) is 0 Å². The first-order valence-electron chi connectivity index (χ1n) is 16.0. The van der Waals surface area contributed by atoms with Crippen LogP contribution in [0.1, 0.15) is 71.9 Å². The van der Waals surface area contributed by atoms with E-state index in [1.807, 2.05) is 62.1 Å². The van der Waals surface area contributed by atoms with Crippen LogP contribution in [0.5, 0.6) is 0 Å². The highest BCUT2D eigenvalue weighted by Gasteiger charge is 2.27. The smallest absolute Gasteiger partial charge is 0.410 e. The van der Waals surface area contributed by atoms with Gasteiger partial charge < -0.3 is 19.4 Å². The van der Waals surface area contributed by atoms with Crippen molar-refractivity contribution in [3.63, 3.8) is 0 Å². The predicted octanol–water partition coefficient (Wildman–Crippen LogP) is 5.88. The van der Waals surface area contributed by atoms with Crippen molar-refractivity contribution in [2.75, 3.05) is 49.1 Å². The van der Waals surface area contributed by atoms with Crippen molar-refractivity contribution >= 4 is 42.0 Å². The molecule has 2 aliphatic heterocycles. The molecule has 2 saturated heterocycles. The number of piperidine rings is 1. The molecule has 0 saturated carbocycles. The Kier molecular flexibility index (Phi) is 12.6. The summed E-state index contributed by atoms with van der Waals surface area (Å²) in [6, 6.07) is 18.3. The molecule has 1 amide bonds. The maximum atomic E-state index is 12.4. The van der Waals surface area contributed by atoms with Crippen LogP contribution >= 0.6 is 12.4 Å². The lowest BCUT2D eigenvalue weighted by molar-refractivity contribution is 0.0240. The van der Waals surface area contributed by atoms with Crippen LogP contribution in [0.3, 0.4) is 0 Å². The van der Waals surface area contributed by atoms with Crippen molar-refractivity contribution in [1.82, 2.24) is 24.8 Å². The van der Waals surface area contributed by atoms with E-state index in [-0.39, 0.29) is 30.1 Å². The number of carbonyl (C=O) groups is 3. The van der Waals surface area contributed by atoms with E-state index in [1.54, 1.807) is 54.0 Å². The van der Waals surface area contributed by atoms with E-state index in [0.717, 1.165) is 19.0 Å². The zero-order valence-electron chi connectivity index (χ0n) is 27.6. The van der Waals surface area contributed by atoms with Gasteiger partial charge in [-0.25, -0.2) is 24.7 Å². The standard InChI is InChI=1S/C20H24N4O3.C16H17N3O.ClH/c1-20(2,3)27-19(26)24-11-9-23(10-12-24)18-21-13-16(14-22-18)17(25)15-7-5-4-6-8-15;20-15(13-7-3-1-4-8-13)14-11-17-16(18-12-14)19-9-5-2-6-10-19;/h4-8,13-14H,9-12H2,1-3H3;1,3-4,7-8,11-12H,2,5-6,9-10H2;1H. The van der Waals surface area contributed by atoms with E-state index in [2.05, 4.69) is 24.8 Å². The number of halogens is 1. The molecule has 4 aromatic rings. The molecule has 11 nitrogen and oxygen atoms in total. The summed E-state index contributed by atoms with van der Waals surface area (Å²) in [5.41, 5.74) is 1.77. The molecule has 0 unspecified atom stereocenters.